The standard InChI is InChI=1S/C8H17N/c1-5-8(9)7(4)6(2)3/h8H,5,9H2,1-4H3. The molecule has 0 aliphatic rings. The van der Waals surface area contributed by atoms with Crippen molar-refractivity contribution in [3.8, 4) is 0 Å². The number of rotatable bonds is 2. The first-order chi connectivity index (χ1) is 4.09. The van der Waals surface area contributed by atoms with Gasteiger partial charge in [-0.05, 0) is 27.2 Å². The summed E-state index contributed by atoms with van der Waals surface area (Å²) in [6.45, 7) is 8.41. The molecule has 1 atom stereocenters. The number of hydrogen-bond donors (Lipinski definition) is 1. The number of nitrogens with two attached hydrogens (primary N) is 1. The minimum absolute atomic E-state index is 0.273. The molecular formula is C8H17N. The van der Waals surface area contributed by atoms with Gasteiger partial charge in [0.15, 0.2) is 0 Å². The third-order valence-corrected chi connectivity index (χ3v) is 1.78. The van der Waals surface area contributed by atoms with Crippen LogP contribution >= 0.6 is 0 Å². The summed E-state index contributed by atoms with van der Waals surface area (Å²) >= 11 is 0. The van der Waals surface area contributed by atoms with Gasteiger partial charge in [-0.3, -0.25) is 0 Å². The molecule has 0 aliphatic heterocycles. The van der Waals surface area contributed by atoms with E-state index in [-0.39, 0.29) is 6.04 Å². The molecule has 0 radical (unpaired) electrons. The van der Waals surface area contributed by atoms with E-state index in [1.807, 2.05) is 0 Å². The molecule has 0 fully saturated rings. The lowest BCUT2D eigenvalue weighted by molar-refractivity contribution is 0.731. The molecule has 2 N–H and O–H groups in total. The van der Waals surface area contributed by atoms with Gasteiger partial charge in [-0.2, -0.15) is 0 Å². The molecule has 0 saturated heterocycles. The molecule has 0 spiro atoms. The van der Waals surface area contributed by atoms with Gasteiger partial charge in [0, 0.05) is 6.04 Å². The van der Waals surface area contributed by atoms with Crippen molar-refractivity contribution in [3.63, 3.8) is 0 Å². The molecule has 1 heteroatoms. The molecule has 0 bridgehead atoms. The second kappa shape index (κ2) is 3.67. The lowest BCUT2D eigenvalue weighted by Crippen LogP contribution is -2.20. The molecule has 0 aromatic rings. The average Bonchev–Trinajstić information content (AvgIpc) is 1.84. The van der Waals surface area contributed by atoms with Crippen LogP contribution in [0.3, 0.4) is 0 Å². The van der Waals surface area contributed by atoms with E-state index in [4.69, 9.17) is 5.73 Å². The Morgan fingerprint density at radius 2 is 1.78 bits per heavy atom. The second-order valence-corrected chi connectivity index (χ2v) is 2.70. The Balaban J connectivity index is 4.02. The summed E-state index contributed by atoms with van der Waals surface area (Å²) in [7, 11) is 0. The highest BCUT2D eigenvalue weighted by atomic mass is 14.6. The largest absolute Gasteiger partial charge is 0.324 e. The summed E-state index contributed by atoms with van der Waals surface area (Å²) in [5, 5.41) is 0. The third kappa shape index (κ3) is 2.66. The fraction of sp³-hybridized carbons (Fsp3) is 0.750. The van der Waals surface area contributed by atoms with E-state index < -0.39 is 0 Å². The van der Waals surface area contributed by atoms with E-state index in [1.165, 1.54) is 11.1 Å². The van der Waals surface area contributed by atoms with Crippen LogP contribution in [0.2, 0.25) is 0 Å². The minimum Gasteiger partial charge on any atom is -0.324 e. The van der Waals surface area contributed by atoms with Crippen LogP contribution in [0.5, 0.6) is 0 Å². The van der Waals surface area contributed by atoms with Crippen LogP contribution in [0, 0.1) is 0 Å². The number of allylic oxidation sites excluding steroid dienone is 1. The first-order valence-electron chi connectivity index (χ1n) is 3.49. The van der Waals surface area contributed by atoms with Crippen LogP contribution in [-0.4, -0.2) is 6.04 Å². The van der Waals surface area contributed by atoms with Crippen molar-refractivity contribution in [1.29, 1.82) is 0 Å². The lowest BCUT2D eigenvalue weighted by atomic mass is 10.0. The van der Waals surface area contributed by atoms with E-state index in [9.17, 15) is 0 Å². The highest BCUT2D eigenvalue weighted by Gasteiger charge is 2.00. The van der Waals surface area contributed by atoms with Gasteiger partial charge in [0.05, 0.1) is 0 Å². The molecule has 9 heavy (non-hydrogen) atoms. The van der Waals surface area contributed by atoms with Gasteiger partial charge in [0.2, 0.25) is 0 Å². The molecule has 1 nitrogen and oxygen atoms in total. The van der Waals surface area contributed by atoms with Crippen LogP contribution in [0.25, 0.3) is 0 Å². The van der Waals surface area contributed by atoms with Crippen molar-refractivity contribution < 1.29 is 0 Å². The van der Waals surface area contributed by atoms with Crippen molar-refractivity contribution >= 4 is 0 Å². The van der Waals surface area contributed by atoms with Crippen molar-refractivity contribution in [2.75, 3.05) is 0 Å². The van der Waals surface area contributed by atoms with Crippen molar-refractivity contribution in [2.45, 2.75) is 40.2 Å². The van der Waals surface area contributed by atoms with Gasteiger partial charge in [0.25, 0.3) is 0 Å². The molecule has 0 aromatic heterocycles. The molecule has 0 amide bonds. The second-order valence-electron chi connectivity index (χ2n) is 2.70. The lowest BCUT2D eigenvalue weighted by Gasteiger charge is -2.10. The highest BCUT2D eigenvalue weighted by molar-refractivity contribution is 5.12. The van der Waals surface area contributed by atoms with Crippen molar-refractivity contribution in [2.24, 2.45) is 5.73 Å². The number of hydrogen-bond acceptors (Lipinski definition) is 1. The molecule has 0 rings (SSSR count). The zero-order chi connectivity index (χ0) is 7.44. The maximum atomic E-state index is 5.76. The van der Waals surface area contributed by atoms with Crippen LogP contribution in [-0.2, 0) is 0 Å². The first-order valence-corrected chi connectivity index (χ1v) is 3.49. The topological polar surface area (TPSA) is 26.0 Å². The summed E-state index contributed by atoms with van der Waals surface area (Å²) in [6.07, 6.45) is 1.04. The Labute approximate surface area is 57.9 Å². The van der Waals surface area contributed by atoms with E-state index in [0.29, 0.717) is 0 Å². The van der Waals surface area contributed by atoms with Gasteiger partial charge in [-0.1, -0.05) is 18.1 Å². The predicted octanol–water partition coefficient (Wildman–Crippen LogP) is 2.08. The molecule has 0 aromatic carbocycles. The molecule has 0 heterocycles. The van der Waals surface area contributed by atoms with Crippen LogP contribution < -0.4 is 5.73 Å². The predicted molar refractivity (Wildman–Crippen MR) is 42.3 cm³/mol. The Kier molecular flexibility index (Phi) is 3.55. The fourth-order valence-electron chi connectivity index (χ4n) is 0.677. The smallest absolute Gasteiger partial charge is 0.0250 e. The highest BCUT2D eigenvalue weighted by Crippen LogP contribution is 2.07. The Bertz CT molecular complexity index is 110. The summed E-state index contributed by atoms with van der Waals surface area (Å²) in [6, 6.07) is 0.273. The van der Waals surface area contributed by atoms with E-state index in [0.717, 1.165) is 6.42 Å². The van der Waals surface area contributed by atoms with Gasteiger partial charge < -0.3 is 5.73 Å². The molecule has 0 saturated carbocycles. The molecule has 1 unspecified atom stereocenters. The van der Waals surface area contributed by atoms with Crippen molar-refractivity contribution in [3.05, 3.63) is 11.1 Å². The van der Waals surface area contributed by atoms with Crippen molar-refractivity contribution in [1.82, 2.24) is 0 Å². The van der Waals surface area contributed by atoms with Gasteiger partial charge in [0.1, 0.15) is 0 Å². The van der Waals surface area contributed by atoms with Crippen LogP contribution in [0.4, 0.5) is 0 Å². The zero-order valence-electron chi connectivity index (χ0n) is 6.86. The third-order valence-electron chi connectivity index (χ3n) is 1.78. The van der Waals surface area contributed by atoms with E-state index >= 15 is 0 Å². The average molecular weight is 127 g/mol. The summed E-state index contributed by atoms with van der Waals surface area (Å²) in [4.78, 5) is 0. The van der Waals surface area contributed by atoms with E-state index in [2.05, 4.69) is 27.7 Å². The molecule has 0 aliphatic carbocycles. The maximum absolute atomic E-state index is 5.76. The monoisotopic (exact) mass is 127 g/mol. The van der Waals surface area contributed by atoms with Gasteiger partial charge in [-0.25, -0.2) is 0 Å². The Morgan fingerprint density at radius 1 is 1.33 bits per heavy atom. The first kappa shape index (κ1) is 8.70. The quantitative estimate of drug-likeness (QED) is 0.565. The minimum atomic E-state index is 0.273. The van der Waals surface area contributed by atoms with Gasteiger partial charge >= 0.3 is 0 Å². The Morgan fingerprint density at radius 3 is 1.89 bits per heavy atom. The molecule has 54 valence electrons. The summed E-state index contributed by atoms with van der Waals surface area (Å²) < 4.78 is 0. The van der Waals surface area contributed by atoms with Gasteiger partial charge in [-0.15, -0.1) is 0 Å². The molecular weight excluding hydrogens is 110 g/mol. The summed E-state index contributed by atoms with van der Waals surface area (Å²) in [5.41, 5.74) is 8.44. The SMILES string of the molecule is CCC(N)C(C)=C(C)C. The maximum Gasteiger partial charge on any atom is 0.0250 e. The normalized spacial score (nSPS) is 13.0. The van der Waals surface area contributed by atoms with Crippen LogP contribution in [0.15, 0.2) is 11.1 Å². The summed E-state index contributed by atoms with van der Waals surface area (Å²) in [5.74, 6) is 0. The zero-order valence-corrected chi connectivity index (χ0v) is 6.86. The Hall–Kier alpha value is -0.300. The fourth-order valence-corrected chi connectivity index (χ4v) is 0.677. The van der Waals surface area contributed by atoms with Crippen LogP contribution in [0.1, 0.15) is 34.1 Å². The van der Waals surface area contributed by atoms with E-state index in [1.54, 1.807) is 0 Å².